The number of amides is 1. The Balaban J connectivity index is 3.68. The molecule has 0 aromatic rings. The molecule has 0 radical (unpaired) electrons. The normalized spacial score (nSPS) is 11.8. The van der Waals surface area contributed by atoms with Crippen LogP contribution in [0, 0.1) is 0 Å². The van der Waals surface area contributed by atoms with Crippen molar-refractivity contribution < 1.29 is 14.7 Å². The lowest BCUT2D eigenvalue weighted by Gasteiger charge is -2.05. The summed E-state index contributed by atoms with van der Waals surface area (Å²) in [6, 6.07) is -1.13. The van der Waals surface area contributed by atoms with E-state index in [0.29, 0.717) is 6.54 Å². The van der Waals surface area contributed by atoms with Gasteiger partial charge in [0.2, 0.25) is 5.91 Å². The first kappa shape index (κ1) is 10.6. The molecule has 0 aromatic heterocycles. The first-order valence-electron chi connectivity index (χ1n) is 3.44. The van der Waals surface area contributed by atoms with Gasteiger partial charge in [-0.25, -0.2) is 0 Å². The molecule has 0 fully saturated rings. The van der Waals surface area contributed by atoms with Gasteiger partial charge in [-0.2, -0.15) is 0 Å². The number of nitrogens with one attached hydrogen (secondary N) is 1. The quantitative estimate of drug-likeness (QED) is 0.468. The van der Waals surface area contributed by atoms with Gasteiger partial charge >= 0.3 is 5.97 Å². The molecule has 0 saturated heterocycles. The molecule has 5 heteroatoms. The van der Waals surface area contributed by atoms with Gasteiger partial charge in [0, 0.05) is 6.54 Å². The van der Waals surface area contributed by atoms with Crippen LogP contribution in [0.2, 0.25) is 0 Å². The Bertz CT molecular complexity index is 191. The average Bonchev–Trinajstić information content (AvgIpc) is 2.00. The predicted octanol–water partition coefficient (Wildman–Crippen LogP) is -0.909. The van der Waals surface area contributed by atoms with E-state index in [0.717, 1.165) is 0 Å². The highest BCUT2D eigenvalue weighted by atomic mass is 16.4. The minimum atomic E-state index is -1.18. The van der Waals surface area contributed by atoms with Crippen molar-refractivity contribution in [3.05, 3.63) is 12.7 Å². The van der Waals surface area contributed by atoms with Gasteiger partial charge in [0.1, 0.15) is 6.04 Å². The molecule has 1 unspecified atom stereocenters. The standard InChI is InChI=1S/C7H12N2O3/c1-2-3-9-6(10)4-5(8)7(11)12/h2,5H,1,3-4,8H2,(H,9,10)(H,11,12). The van der Waals surface area contributed by atoms with Crippen molar-refractivity contribution in [1.29, 1.82) is 0 Å². The maximum atomic E-state index is 10.8. The van der Waals surface area contributed by atoms with Crippen LogP contribution in [0.5, 0.6) is 0 Å². The van der Waals surface area contributed by atoms with Gasteiger partial charge in [-0.3, -0.25) is 9.59 Å². The molecule has 0 rings (SSSR count). The van der Waals surface area contributed by atoms with Crippen LogP contribution < -0.4 is 11.1 Å². The van der Waals surface area contributed by atoms with Gasteiger partial charge in [0.05, 0.1) is 6.42 Å². The highest BCUT2D eigenvalue weighted by Crippen LogP contribution is 1.87. The predicted molar refractivity (Wildman–Crippen MR) is 43.4 cm³/mol. The maximum Gasteiger partial charge on any atom is 0.321 e. The lowest BCUT2D eigenvalue weighted by Crippen LogP contribution is -2.36. The van der Waals surface area contributed by atoms with E-state index in [9.17, 15) is 9.59 Å². The van der Waals surface area contributed by atoms with Gasteiger partial charge in [0.25, 0.3) is 0 Å². The molecular formula is C7H12N2O3. The van der Waals surface area contributed by atoms with Gasteiger partial charge in [-0.1, -0.05) is 6.08 Å². The molecule has 0 aliphatic heterocycles. The van der Waals surface area contributed by atoms with Crippen molar-refractivity contribution in [1.82, 2.24) is 5.32 Å². The molecule has 0 aromatic carbocycles. The molecular weight excluding hydrogens is 160 g/mol. The van der Waals surface area contributed by atoms with Crippen LogP contribution in [0.3, 0.4) is 0 Å². The van der Waals surface area contributed by atoms with E-state index in [1.807, 2.05) is 0 Å². The summed E-state index contributed by atoms with van der Waals surface area (Å²) in [4.78, 5) is 21.0. The van der Waals surface area contributed by atoms with Gasteiger partial charge < -0.3 is 16.2 Å². The zero-order valence-corrected chi connectivity index (χ0v) is 6.62. The van der Waals surface area contributed by atoms with Gasteiger partial charge in [-0.15, -0.1) is 6.58 Å². The van der Waals surface area contributed by atoms with Crippen molar-refractivity contribution in [2.75, 3.05) is 6.54 Å². The first-order chi connectivity index (χ1) is 5.57. The maximum absolute atomic E-state index is 10.8. The smallest absolute Gasteiger partial charge is 0.321 e. The van der Waals surface area contributed by atoms with Crippen LogP contribution >= 0.6 is 0 Å². The Kier molecular flexibility index (Phi) is 4.71. The SMILES string of the molecule is C=CCNC(=O)CC(N)C(=O)O. The van der Waals surface area contributed by atoms with E-state index >= 15 is 0 Å². The fraction of sp³-hybridized carbons (Fsp3) is 0.429. The number of rotatable bonds is 5. The highest BCUT2D eigenvalue weighted by molar-refractivity contribution is 5.84. The first-order valence-corrected chi connectivity index (χ1v) is 3.44. The minimum Gasteiger partial charge on any atom is -0.480 e. The van der Waals surface area contributed by atoms with E-state index in [2.05, 4.69) is 11.9 Å². The van der Waals surface area contributed by atoms with Crippen molar-refractivity contribution in [2.24, 2.45) is 5.73 Å². The summed E-state index contributed by atoms with van der Waals surface area (Å²) in [5.41, 5.74) is 5.10. The number of carboxylic acids is 1. The second kappa shape index (κ2) is 5.31. The Hall–Kier alpha value is -1.36. The van der Waals surface area contributed by atoms with Crippen LogP contribution in [0.4, 0.5) is 0 Å². The Morgan fingerprint density at radius 1 is 1.67 bits per heavy atom. The third-order valence-corrected chi connectivity index (χ3v) is 1.17. The largest absolute Gasteiger partial charge is 0.480 e. The number of hydrogen-bond acceptors (Lipinski definition) is 3. The number of carbonyl (C=O) groups is 2. The van der Waals surface area contributed by atoms with E-state index in [-0.39, 0.29) is 12.3 Å². The molecule has 68 valence electrons. The van der Waals surface area contributed by atoms with Crippen LogP contribution in [0.25, 0.3) is 0 Å². The molecule has 0 aliphatic rings. The van der Waals surface area contributed by atoms with Crippen LogP contribution in [0.15, 0.2) is 12.7 Å². The summed E-state index contributed by atoms with van der Waals surface area (Å²) in [5.74, 6) is -1.56. The van der Waals surface area contributed by atoms with Crippen LogP contribution in [-0.2, 0) is 9.59 Å². The van der Waals surface area contributed by atoms with Gasteiger partial charge in [0.15, 0.2) is 0 Å². The van der Waals surface area contributed by atoms with E-state index in [1.165, 1.54) is 6.08 Å². The number of nitrogens with two attached hydrogens (primary N) is 1. The molecule has 0 aliphatic carbocycles. The average molecular weight is 172 g/mol. The van der Waals surface area contributed by atoms with Crippen LogP contribution in [-0.4, -0.2) is 29.6 Å². The lowest BCUT2D eigenvalue weighted by molar-refractivity contribution is -0.140. The topological polar surface area (TPSA) is 92.4 Å². The number of carbonyl (C=O) groups excluding carboxylic acids is 1. The summed E-state index contributed by atoms with van der Waals surface area (Å²) in [7, 11) is 0. The van der Waals surface area contributed by atoms with E-state index < -0.39 is 12.0 Å². The third kappa shape index (κ3) is 4.45. The van der Waals surface area contributed by atoms with Crippen molar-refractivity contribution in [2.45, 2.75) is 12.5 Å². The third-order valence-electron chi connectivity index (χ3n) is 1.17. The summed E-state index contributed by atoms with van der Waals surface area (Å²) >= 11 is 0. The second-order valence-electron chi connectivity index (χ2n) is 2.24. The number of hydrogen-bond donors (Lipinski definition) is 3. The summed E-state index contributed by atoms with van der Waals surface area (Å²) in [6.45, 7) is 3.71. The molecule has 12 heavy (non-hydrogen) atoms. The molecule has 0 heterocycles. The molecule has 1 atom stereocenters. The summed E-state index contributed by atoms with van der Waals surface area (Å²) in [6.07, 6.45) is 1.30. The lowest BCUT2D eigenvalue weighted by atomic mass is 10.2. The fourth-order valence-electron chi connectivity index (χ4n) is 0.545. The van der Waals surface area contributed by atoms with Crippen molar-refractivity contribution in [3.8, 4) is 0 Å². The molecule has 1 amide bonds. The molecule has 0 saturated carbocycles. The van der Waals surface area contributed by atoms with E-state index in [1.54, 1.807) is 0 Å². The Labute approximate surface area is 70.2 Å². The summed E-state index contributed by atoms with van der Waals surface area (Å²) in [5, 5.41) is 10.7. The highest BCUT2D eigenvalue weighted by Gasteiger charge is 2.15. The molecule has 5 nitrogen and oxygen atoms in total. The van der Waals surface area contributed by atoms with Gasteiger partial charge in [-0.05, 0) is 0 Å². The second-order valence-corrected chi connectivity index (χ2v) is 2.24. The monoisotopic (exact) mass is 172 g/mol. The molecule has 0 spiro atoms. The van der Waals surface area contributed by atoms with Crippen molar-refractivity contribution in [3.63, 3.8) is 0 Å². The number of aliphatic carboxylic acids is 1. The minimum absolute atomic E-state index is 0.205. The fourth-order valence-corrected chi connectivity index (χ4v) is 0.545. The molecule has 4 N–H and O–H groups in total. The Morgan fingerprint density at radius 3 is 2.67 bits per heavy atom. The summed E-state index contributed by atoms with van der Waals surface area (Å²) < 4.78 is 0. The number of carboxylic acid groups (broad SMARTS) is 1. The Morgan fingerprint density at radius 2 is 2.25 bits per heavy atom. The van der Waals surface area contributed by atoms with E-state index in [4.69, 9.17) is 10.8 Å². The van der Waals surface area contributed by atoms with Crippen molar-refractivity contribution >= 4 is 11.9 Å². The van der Waals surface area contributed by atoms with Crippen LogP contribution in [0.1, 0.15) is 6.42 Å². The zero-order valence-electron chi connectivity index (χ0n) is 6.62. The zero-order chi connectivity index (χ0) is 9.56. The molecule has 0 bridgehead atoms.